The zero-order chi connectivity index (χ0) is 13.6. The highest BCUT2D eigenvalue weighted by molar-refractivity contribution is 5.91. The van der Waals surface area contributed by atoms with E-state index in [-0.39, 0.29) is 18.4 Å². The van der Waals surface area contributed by atoms with Crippen molar-refractivity contribution in [3.8, 4) is 0 Å². The number of nitrogens with one attached hydrogen (secondary N) is 1. The molecule has 0 saturated heterocycles. The van der Waals surface area contributed by atoms with Crippen LogP contribution in [0.1, 0.15) is 26.3 Å². The predicted molar refractivity (Wildman–Crippen MR) is 73.9 cm³/mol. The monoisotopic (exact) mass is 247 g/mol. The van der Waals surface area contributed by atoms with Crippen molar-refractivity contribution in [2.45, 2.75) is 26.4 Å². The van der Waals surface area contributed by atoms with Crippen molar-refractivity contribution in [2.75, 3.05) is 6.54 Å². The molecule has 1 atom stereocenters. The quantitative estimate of drug-likeness (QED) is 0.784. The summed E-state index contributed by atoms with van der Waals surface area (Å²) >= 11 is 0. The fraction of sp³-hybridized carbons (Fsp3) is 0.400. The molecule has 2 N–H and O–H groups in total. The molecule has 0 spiro atoms. The van der Waals surface area contributed by atoms with E-state index >= 15 is 0 Å². The summed E-state index contributed by atoms with van der Waals surface area (Å²) in [5, 5.41) is 12.7. The van der Waals surface area contributed by atoms with Crippen LogP contribution in [0.2, 0.25) is 0 Å². The van der Waals surface area contributed by atoms with E-state index in [4.69, 9.17) is 0 Å². The molecule has 3 nitrogen and oxygen atoms in total. The number of hydrogen-bond donors (Lipinski definition) is 2. The molecule has 1 aromatic rings. The van der Waals surface area contributed by atoms with Gasteiger partial charge in [0.25, 0.3) is 0 Å². The van der Waals surface area contributed by atoms with Crippen molar-refractivity contribution in [3.63, 3.8) is 0 Å². The second-order valence-corrected chi connectivity index (χ2v) is 4.97. The van der Waals surface area contributed by atoms with Crippen LogP contribution in [0, 0.1) is 5.92 Å². The molecule has 1 rings (SSSR count). The van der Waals surface area contributed by atoms with E-state index < -0.39 is 5.60 Å². The number of benzene rings is 1. The van der Waals surface area contributed by atoms with Crippen molar-refractivity contribution in [2.24, 2.45) is 5.92 Å². The smallest absolute Gasteiger partial charge is 0.244 e. The maximum Gasteiger partial charge on any atom is 0.244 e. The highest BCUT2D eigenvalue weighted by atomic mass is 16.3. The number of aliphatic hydroxyl groups is 1. The molecule has 0 aliphatic carbocycles. The standard InChI is InChI=1S/C15H21NO2/c1-12(2)15(3,18)11-16-14(17)10-9-13-7-5-4-6-8-13/h4-10,12,18H,11H2,1-3H3,(H,16,17)/b10-9-/t15-/m0/s1. The summed E-state index contributed by atoms with van der Waals surface area (Å²) in [5.74, 6) is -0.101. The van der Waals surface area contributed by atoms with Gasteiger partial charge in [-0.05, 0) is 24.5 Å². The maximum atomic E-state index is 11.6. The highest BCUT2D eigenvalue weighted by Crippen LogP contribution is 2.14. The molecular formula is C15H21NO2. The van der Waals surface area contributed by atoms with Crippen LogP contribution in [-0.4, -0.2) is 23.2 Å². The highest BCUT2D eigenvalue weighted by Gasteiger charge is 2.24. The Morgan fingerprint density at radius 2 is 2.00 bits per heavy atom. The summed E-state index contributed by atoms with van der Waals surface area (Å²) < 4.78 is 0. The van der Waals surface area contributed by atoms with Gasteiger partial charge in [-0.2, -0.15) is 0 Å². The molecule has 1 aromatic carbocycles. The second kappa shape index (κ2) is 6.36. The molecule has 3 heteroatoms. The van der Waals surface area contributed by atoms with Crippen molar-refractivity contribution < 1.29 is 9.90 Å². The van der Waals surface area contributed by atoms with Crippen molar-refractivity contribution in [1.29, 1.82) is 0 Å². The number of amides is 1. The van der Waals surface area contributed by atoms with E-state index in [1.807, 2.05) is 44.2 Å². The van der Waals surface area contributed by atoms with Crippen LogP contribution in [0.4, 0.5) is 0 Å². The molecule has 0 heterocycles. The molecule has 0 fully saturated rings. The minimum atomic E-state index is -0.879. The van der Waals surface area contributed by atoms with E-state index in [0.717, 1.165) is 5.56 Å². The molecule has 98 valence electrons. The Morgan fingerprint density at radius 3 is 2.56 bits per heavy atom. The third kappa shape index (κ3) is 4.72. The lowest BCUT2D eigenvalue weighted by Gasteiger charge is -2.27. The third-order valence-corrected chi connectivity index (χ3v) is 3.09. The minimum absolute atomic E-state index is 0.0934. The van der Waals surface area contributed by atoms with Gasteiger partial charge in [0.15, 0.2) is 0 Å². The summed E-state index contributed by atoms with van der Waals surface area (Å²) in [7, 11) is 0. The lowest BCUT2D eigenvalue weighted by molar-refractivity contribution is -0.118. The Hall–Kier alpha value is -1.61. The Morgan fingerprint density at radius 1 is 1.39 bits per heavy atom. The van der Waals surface area contributed by atoms with Crippen molar-refractivity contribution in [1.82, 2.24) is 5.32 Å². The van der Waals surface area contributed by atoms with Crippen LogP contribution in [0.15, 0.2) is 36.4 Å². The fourth-order valence-corrected chi connectivity index (χ4v) is 1.27. The average molecular weight is 247 g/mol. The predicted octanol–water partition coefficient (Wildman–Crippen LogP) is 2.22. The lowest BCUT2D eigenvalue weighted by Crippen LogP contribution is -2.43. The van der Waals surface area contributed by atoms with Gasteiger partial charge in [0.2, 0.25) is 5.91 Å². The summed E-state index contributed by atoms with van der Waals surface area (Å²) in [6.45, 7) is 5.82. The maximum absolute atomic E-state index is 11.6. The first-order chi connectivity index (χ1) is 8.42. The van der Waals surface area contributed by atoms with E-state index in [2.05, 4.69) is 5.32 Å². The van der Waals surface area contributed by atoms with E-state index in [1.165, 1.54) is 6.08 Å². The van der Waals surface area contributed by atoms with Gasteiger partial charge >= 0.3 is 0 Å². The largest absolute Gasteiger partial charge is 0.388 e. The van der Waals surface area contributed by atoms with E-state index in [1.54, 1.807) is 13.0 Å². The number of carbonyl (C=O) groups excluding carboxylic acids is 1. The van der Waals surface area contributed by atoms with E-state index in [9.17, 15) is 9.90 Å². The van der Waals surface area contributed by atoms with Gasteiger partial charge in [-0.25, -0.2) is 0 Å². The Bertz CT molecular complexity index is 408. The van der Waals surface area contributed by atoms with Gasteiger partial charge in [0.1, 0.15) is 0 Å². The van der Waals surface area contributed by atoms with E-state index in [0.29, 0.717) is 0 Å². The molecule has 0 saturated carbocycles. The molecule has 0 radical (unpaired) electrons. The van der Waals surface area contributed by atoms with Gasteiger partial charge < -0.3 is 10.4 Å². The van der Waals surface area contributed by atoms with Gasteiger partial charge in [-0.3, -0.25) is 4.79 Å². The normalized spacial score (nSPS) is 14.7. The number of rotatable bonds is 5. The summed E-state index contributed by atoms with van der Waals surface area (Å²) in [6, 6.07) is 9.61. The van der Waals surface area contributed by atoms with Gasteiger partial charge in [-0.1, -0.05) is 44.2 Å². The second-order valence-electron chi connectivity index (χ2n) is 4.97. The number of carbonyl (C=O) groups is 1. The minimum Gasteiger partial charge on any atom is -0.388 e. The van der Waals surface area contributed by atoms with Gasteiger partial charge in [0, 0.05) is 12.6 Å². The first kappa shape index (κ1) is 14.5. The lowest BCUT2D eigenvalue weighted by atomic mass is 9.92. The molecule has 0 unspecified atom stereocenters. The zero-order valence-corrected chi connectivity index (χ0v) is 11.2. The van der Waals surface area contributed by atoms with Crippen molar-refractivity contribution >= 4 is 12.0 Å². The molecular weight excluding hydrogens is 226 g/mol. The van der Waals surface area contributed by atoms with Crippen LogP contribution in [-0.2, 0) is 4.79 Å². The topological polar surface area (TPSA) is 49.3 Å². The molecule has 18 heavy (non-hydrogen) atoms. The van der Waals surface area contributed by atoms with Crippen LogP contribution < -0.4 is 5.32 Å². The van der Waals surface area contributed by atoms with Crippen LogP contribution in [0.5, 0.6) is 0 Å². The van der Waals surface area contributed by atoms with Crippen molar-refractivity contribution in [3.05, 3.63) is 42.0 Å². The van der Waals surface area contributed by atoms with Crippen LogP contribution in [0.3, 0.4) is 0 Å². The SMILES string of the molecule is CC(C)[C@@](C)(O)CNC(=O)/C=C\c1ccccc1. The fourth-order valence-electron chi connectivity index (χ4n) is 1.27. The van der Waals surface area contributed by atoms with Gasteiger partial charge in [0.05, 0.1) is 5.60 Å². The number of hydrogen-bond acceptors (Lipinski definition) is 2. The Labute approximate surface area is 109 Å². The van der Waals surface area contributed by atoms with Crippen LogP contribution in [0.25, 0.3) is 6.08 Å². The molecule has 1 amide bonds. The average Bonchev–Trinajstić information content (AvgIpc) is 2.35. The molecule has 0 aliphatic rings. The summed E-state index contributed by atoms with van der Waals surface area (Å²) in [5.41, 5.74) is 0.0965. The molecule has 0 aromatic heterocycles. The zero-order valence-electron chi connectivity index (χ0n) is 11.2. The third-order valence-electron chi connectivity index (χ3n) is 3.09. The van der Waals surface area contributed by atoms with Crippen LogP contribution >= 0.6 is 0 Å². The molecule has 0 bridgehead atoms. The van der Waals surface area contributed by atoms with Gasteiger partial charge in [-0.15, -0.1) is 0 Å². The summed E-state index contributed by atoms with van der Waals surface area (Å²) in [6.07, 6.45) is 3.23. The first-order valence-electron chi connectivity index (χ1n) is 6.15. The first-order valence-corrected chi connectivity index (χ1v) is 6.15. The summed E-state index contributed by atoms with van der Waals surface area (Å²) in [4.78, 5) is 11.6. The molecule has 0 aliphatic heterocycles. The Balaban J connectivity index is 2.46. The Kier molecular flexibility index (Phi) is 5.10.